The molecule has 0 radical (unpaired) electrons. The summed E-state index contributed by atoms with van der Waals surface area (Å²) in [7, 11) is 0. The van der Waals surface area contributed by atoms with Crippen molar-refractivity contribution in [2.45, 2.75) is 37.5 Å². The van der Waals surface area contributed by atoms with Crippen molar-refractivity contribution in [3.63, 3.8) is 0 Å². The molecule has 0 bridgehead atoms. The first-order valence-corrected chi connectivity index (χ1v) is 9.94. The number of ether oxygens (including phenoxy) is 1. The van der Waals surface area contributed by atoms with Gasteiger partial charge in [-0.1, -0.05) is 0 Å². The number of nitrogens with one attached hydrogen (secondary N) is 2. The Hall–Kier alpha value is -2.36. The molecule has 28 heavy (non-hydrogen) atoms. The first kappa shape index (κ1) is 20.4. The van der Waals surface area contributed by atoms with Gasteiger partial charge in [-0.3, -0.25) is 14.6 Å². The van der Waals surface area contributed by atoms with E-state index in [9.17, 15) is 19.1 Å². The summed E-state index contributed by atoms with van der Waals surface area (Å²) in [5.74, 6) is -1.16. The molecule has 0 aromatic carbocycles. The molecule has 9 heteroatoms. The van der Waals surface area contributed by atoms with Gasteiger partial charge in [0.1, 0.15) is 5.82 Å². The smallest absolute Gasteiger partial charge is 0.253 e. The molecular formula is C19H22FN3O4S. The van der Waals surface area contributed by atoms with Gasteiger partial charge in [-0.25, -0.2) is 4.39 Å². The first-order chi connectivity index (χ1) is 13.5. The second kappa shape index (κ2) is 9.72. The third kappa shape index (κ3) is 5.57. The average molecular weight is 407 g/mol. The molecule has 2 amide bonds. The van der Waals surface area contributed by atoms with Gasteiger partial charge in [0.25, 0.3) is 5.91 Å². The van der Waals surface area contributed by atoms with E-state index in [2.05, 4.69) is 15.6 Å². The number of carbonyl (C=O) groups excluding carboxylic acids is 2. The number of aryl methyl sites for hydroxylation is 1. The van der Waals surface area contributed by atoms with Crippen molar-refractivity contribution in [3.05, 3.63) is 52.2 Å². The lowest BCUT2D eigenvalue weighted by Gasteiger charge is -2.33. The van der Waals surface area contributed by atoms with E-state index in [0.717, 1.165) is 6.20 Å². The second-order valence-corrected chi connectivity index (χ2v) is 7.40. The fraction of sp³-hybridized carbons (Fsp3) is 0.421. The van der Waals surface area contributed by atoms with Crippen molar-refractivity contribution in [3.8, 4) is 0 Å². The highest BCUT2D eigenvalue weighted by Crippen LogP contribution is 2.17. The number of hydrogen-bond donors (Lipinski definition) is 3. The van der Waals surface area contributed by atoms with Crippen LogP contribution in [0, 0.1) is 5.82 Å². The largest absolute Gasteiger partial charge is 0.379 e. The summed E-state index contributed by atoms with van der Waals surface area (Å²) in [4.78, 5) is 28.4. The van der Waals surface area contributed by atoms with E-state index >= 15 is 0 Å². The minimum atomic E-state index is -1.26. The van der Waals surface area contributed by atoms with E-state index in [1.807, 2.05) is 0 Å². The van der Waals surface area contributed by atoms with Gasteiger partial charge in [0.05, 0.1) is 24.9 Å². The standard InChI is InChI=1S/C19H22FN3O4S/c20-14-7-12(8-21-9-14)1-2-17(24)22-15-3-5-27-10-16(15)23-19(26)18(25)13-4-6-28-11-13/h4,6-9,11,15-16,18,25H,1-3,5,10H2,(H,22,24)(H,23,26)/t15-,16+,18?/m0/s1. The summed E-state index contributed by atoms with van der Waals surface area (Å²) in [5, 5.41) is 19.3. The van der Waals surface area contributed by atoms with Crippen LogP contribution in [0.2, 0.25) is 0 Å². The van der Waals surface area contributed by atoms with Crippen LogP contribution in [-0.4, -0.2) is 47.2 Å². The van der Waals surface area contributed by atoms with E-state index in [1.165, 1.54) is 23.6 Å². The summed E-state index contributed by atoms with van der Waals surface area (Å²) in [6.07, 6.45) is 2.48. The second-order valence-electron chi connectivity index (χ2n) is 6.62. The Morgan fingerprint density at radius 3 is 2.96 bits per heavy atom. The van der Waals surface area contributed by atoms with Gasteiger partial charge in [-0.15, -0.1) is 0 Å². The molecule has 1 aliphatic heterocycles. The zero-order valence-corrected chi connectivity index (χ0v) is 16.0. The van der Waals surface area contributed by atoms with E-state index in [1.54, 1.807) is 16.8 Å². The Labute approximate surface area is 165 Å². The quantitative estimate of drug-likeness (QED) is 0.643. The zero-order chi connectivity index (χ0) is 19.9. The molecule has 1 fully saturated rings. The third-order valence-corrected chi connectivity index (χ3v) is 5.24. The molecule has 2 aromatic rings. The summed E-state index contributed by atoms with van der Waals surface area (Å²) in [5.41, 5.74) is 1.18. The Kier molecular flexibility index (Phi) is 7.07. The molecule has 0 aliphatic carbocycles. The van der Waals surface area contributed by atoms with Crippen molar-refractivity contribution in [1.29, 1.82) is 0 Å². The van der Waals surface area contributed by atoms with Gasteiger partial charge < -0.3 is 20.5 Å². The highest BCUT2D eigenvalue weighted by Gasteiger charge is 2.30. The number of halogens is 1. The number of thiophene rings is 1. The number of aliphatic hydroxyl groups excluding tert-OH is 1. The molecule has 7 nitrogen and oxygen atoms in total. The first-order valence-electron chi connectivity index (χ1n) is 9.00. The van der Waals surface area contributed by atoms with Gasteiger partial charge >= 0.3 is 0 Å². The zero-order valence-electron chi connectivity index (χ0n) is 15.1. The summed E-state index contributed by atoms with van der Waals surface area (Å²) >= 11 is 1.40. The van der Waals surface area contributed by atoms with E-state index < -0.39 is 23.9 Å². The molecule has 1 saturated heterocycles. The number of pyridine rings is 1. The van der Waals surface area contributed by atoms with Crippen LogP contribution in [0.25, 0.3) is 0 Å². The molecule has 0 spiro atoms. The molecule has 3 N–H and O–H groups in total. The topological polar surface area (TPSA) is 101 Å². The third-order valence-electron chi connectivity index (χ3n) is 4.54. The van der Waals surface area contributed by atoms with Crippen LogP contribution in [0.15, 0.2) is 35.3 Å². The minimum absolute atomic E-state index is 0.181. The monoisotopic (exact) mass is 407 g/mol. The normalized spacial score (nSPS) is 20.4. The maximum absolute atomic E-state index is 13.2. The van der Waals surface area contributed by atoms with Crippen molar-refractivity contribution < 1.29 is 23.8 Å². The van der Waals surface area contributed by atoms with Crippen LogP contribution in [0.4, 0.5) is 4.39 Å². The molecule has 3 heterocycles. The Bertz CT molecular complexity index is 802. The van der Waals surface area contributed by atoms with Crippen molar-refractivity contribution in [1.82, 2.24) is 15.6 Å². The van der Waals surface area contributed by atoms with Gasteiger partial charge in [0.15, 0.2) is 6.10 Å². The molecule has 3 rings (SSSR count). The average Bonchev–Trinajstić information content (AvgIpc) is 3.22. The summed E-state index contributed by atoms with van der Waals surface area (Å²) in [6.45, 7) is 0.721. The lowest BCUT2D eigenvalue weighted by atomic mass is 10.0. The number of hydrogen-bond acceptors (Lipinski definition) is 6. The fourth-order valence-corrected chi connectivity index (χ4v) is 3.70. The molecule has 1 aliphatic rings. The van der Waals surface area contributed by atoms with Gasteiger partial charge in [-0.2, -0.15) is 11.3 Å². The number of aromatic nitrogens is 1. The number of carbonyl (C=O) groups is 2. The molecular weight excluding hydrogens is 385 g/mol. The number of nitrogens with zero attached hydrogens (tertiary/aromatic N) is 1. The Morgan fingerprint density at radius 2 is 2.21 bits per heavy atom. The van der Waals surface area contributed by atoms with Gasteiger partial charge in [-0.05, 0) is 41.3 Å². The van der Waals surface area contributed by atoms with Crippen LogP contribution in [0.1, 0.15) is 30.1 Å². The Balaban J connectivity index is 1.52. The lowest BCUT2D eigenvalue weighted by molar-refractivity contribution is -0.132. The van der Waals surface area contributed by atoms with E-state index in [4.69, 9.17) is 4.74 Å². The van der Waals surface area contributed by atoms with Crippen molar-refractivity contribution in [2.24, 2.45) is 0 Å². The molecule has 2 aromatic heterocycles. The van der Waals surface area contributed by atoms with E-state index in [0.29, 0.717) is 30.6 Å². The molecule has 1 unspecified atom stereocenters. The summed E-state index contributed by atoms with van der Waals surface area (Å²) in [6, 6.07) is 2.30. The summed E-state index contributed by atoms with van der Waals surface area (Å²) < 4.78 is 18.6. The SMILES string of the molecule is O=C(CCc1cncc(F)c1)N[C@H]1CCOC[C@H]1NC(=O)C(O)c1ccsc1. The molecule has 0 saturated carbocycles. The molecule has 3 atom stereocenters. The predicted molar refractivity (Wildman–Crippen MR) is 101 cm³/mol. The van der Waals surface area contributed by atoms with E-state index in [-0.39, 0.29) is 25.0 Å². The van der Waals surface area contributed by atoms with Gasteiger partial charge in [0.2, 0.25) is 5.91 Å². The maximum Gasteiger partial charge on any atom is 0.253 e. The lowest BCUT2D eigenvalue weighted by Crippen LogP contribution is -2.57. The Morgan fingerprint density at radius 1 is 1.36 bits per heavy atom. The van der Waals surface area contributed by atoms with Crippen molar-refractivity contribution >= 4 is 23.2 Å². The van der Waals surface area contributed by atoms with Gasteiger partial charge in [0, 0.05) is 24.8 Å². The number of amides is 2. The predicted octanol–water partition coefficient (Wildman–Crippen LogP) is 1.34. The minimum Gasteiger partial charge on any atom is -0.379 e. The molecule has 150 valence electrons. The van der Waals surface area contributed by atoms with Crippen LogP contribution in [-0.2, 0) is 20.7 Å². The van der Waals surface area contributed by atoms with Crippen LogP contribution in [0.3, 0.4) is 0 Å². The van der Waals surface area contributed by atoms with Crippen LogP contribution < -0.4 is 10.6 Å². The number of rotatable bonds is 7. The van der Waals surface area contributed by atoms with Crippen molar-refractivity contribution in [2.75, 3.05) is 13.2 Å². The number of aliphatic hydroxyl groups is 1. The maximum atomic E-state index is 13.2. The fourth-order valence-electron chi connectivity index (χ4n) is 3.03. The van der Waals surface area contributed by atoms with Crippen LogP contribution >= 0.6 is 11.3 Å². The van der Waals surface area contributed by atoms with Crippen LogP contribution in [0.5, 0.6) is 0 Å². The highest BCUT2D eigenvalue weighted by atomic mass is 32.1. The highest BCUT2D eigenvalue weighted by molar-refractivity contribution is 7.08.